The Hall–Kier alpha value is -4.04. The predicted molar refractivity (Wildman–Crippen MR) is 147 cm³/mol. The van der Waals surface area contributed by atoms with Gasteiger partial charge in [0.25, 0.3) is 5.91 Å². The largest absolute Gasteiger partial charge is 0.489 e. The number of ether oxygens (including phenoxy) is 1. The SMILES string of the molecule is O=C1CC[C@@H](N2Cc3c(OCc4ccc(CN5CCC(c6ccc(F)cc6)CC5)cc4)cccc3C2=O)C(=O)N1. The highest BCUT2D eigenvalue weighted by Gasteiger charge is 2.40. The highest BCUT2D eigenvalue weighted by Crippen LogP contribution is 2.34. The second-order valence-electron chi connectivity index (χ2n) is 10.9. The third-order valence-electron chi connectivity index (χ3n) is 8.29. The fourth-order valence-corrected chi connectivity index (χ4v) is 6.01. The van der Waals surface area contributed by atoms with E-state index in [2.05, 4.69) is 34.5 Å². The normalized spacial score (nSPS) is 20.0. The van der Waals surface area contributed by atoms with Gasteiger partial charge < -0.3 is 9.64 Å². The van der Waals surface area contributed by atoms with Gasteiger partial charge in [-0.05, 0) is 79.2 Å². The lowest BCUT2D eigenvalue weighted by atomic mass is 9.89. The Morgan fingerprint density at radius 2 is 1.60 bits per heavy atom. The predicted octanol–water partition coefficient (Wildman–Crippen LogP) is 4.55. The monoisotopic (exact) mass is 541 g/mol. The Morgan fingerprint density at radius 3 is 2.33 bits per heavy atom. The van der Waals surface area contributed by atoms with Gasteiger partial charge in [0.2, 0.25) is 11.8 Å². The molecule has 7 nitrogen and oxygen atoms in total. The van der Waals surface area contributed by atoms with E-state index in [0.717, 1.165) is 43.6 Å². The lowest BCUT2D eigenvalue weighted by Crippen LogP contribution is -2.52. The van der Waals surface area contributed by atoms with Crippen molar-refractivity contribution >= 4 is 17.7 Å². The second-order valence-corrected chi connectivity index (χ2v) is 10.9. The standard InChI is InChI=1S/C32H32FN3O4/c33-25-10-8-23(9-11-25)24-14-16-35(17-15-24)18-21-4-6-22(7-5-21)20-40-29-3-1-2-26-27(29)19-36(32(26)39)28-12-13-30(37)34-31(28)38/h1-11,24,28H,12-20H2,(H,34,37,38)/t28-/m1/s1. The number of halogens is 1. The number of carbonyl (C=O) groups is 3. The number of amides is 3. The van der Waals surface area contributed by atoms with Gasteiger partial charge in [-0.3, -0.25) is 24.6 Å². The molecule has 40 heavy (non-hydrogen) atoms. The number of nitrogens with one attached hydrogen (secondary N) is 1. The third-order valence-corrected chi connectivity index (χ3v) is 8.29. The highest BCUT2D eigenvalue weighted by atomic mass is 19.1. The van der Waals surface area contributed by atoms with E-state index in [1.807, 2.05) is 18.2 Å². The number of hydrogen-bond donors (Lipinski definition) is 1. The minimum absolute atomic E-state index is 0.186. The van der Waals surface area contributed by atoms with Crippen LogP contribution in [-0.4, -0.2) is 46.7 Å². The summed E-state index contributed by atoms with van der Waals surface area (Å²) in [4.78, 5) is 40.9. The number of imide groups is 1. The quantitative estimate of drug-likeness (QED) is 0.444. The third kappa shape index (κ3) is 5.49. The van der Waals surface area contributed by atoms with Crippen LogP contribution >= 0.6 is 0 Å². The summed E-state index contributed by atoms with van der Waals surface area (Å²) in [5.74, 6) is 0.00952. The Balaban J connectivity index is 1.03. The van der Waals surface area contributed by atoms with Crippen molar-refractivity contribution < 1.29 is 23.5 Å². The van der Waals surface area contributed by atoms with Gasteiger partial charge >= 0.3 is 0 Å². The molecule has 206 valence electrons. The number of carbonyl (C=O) groups excluding carboxylic acids is 3. The maximum atomic E-state index is 13.2. The molecule has 3 aliphatic heterocycles. The molecule has 2 saturated heterocycles. The van der Waals surface area contributed by atoms with Crippen molar-refractivity contribution in [2.24, 2.45) is 0 Å². The molecular formula is C32H32FN3O4. The van der Waals surface area contributed by atoms with Gasteiger partial charge in [0.05, 0.1) is 6.54 Å². The van der Waals surface area contributed by atoms with Gasteiger partial charge in [0.15, 0.2) is 0 Å². The summed E-state index contributed by atoms with van der Waals surface area (Å²) in [6, 6.07) is 20.1. The Kier molecular flexibility index (Phi) is 7.34. The molecule has 0 saturated carbocycles. The van der Waals surface area contributed by atoms with E-state index in [-0.39, 0.29) is 30.6 Å². The molecule has 3 heterocycles. The van der Waals surface area contributed by atoms with Crippen LogP contribution in [0.3, 0.4) is 0 Å². The molecule has 0 unspecified atom stereocenters. The van der Waals surface area contributed by atoms with Crippen LogP contribution in [0, 0.1) is 5.82 Å². The summed E-state index contributed by atoms with van der Waals surface area (Å²) in [5, 5.41) is 2.34. The summed E-state index contributed by atoms with van der Waals surface area (Å²) in [6.45, 7) is 3.57. The fourth-order valence-electron chi connectivity index (χ4n) is 6.01. The van der Waals surface area contributed by atoms with E-state index < -0.39 is 11.9 Å². The average Bonchev–Trinajstić information content (AvgIpc) is 3.30. The number of fused-ring (bicyclic) bond motifs is 1. The number of rotatable bonds is 7. The number of benzene rings is 3. The Bertz CT molecular complexity index is 1420. The van der Waals surface area contributed by atoms with E-state index >= 15 is 0 Å². The lowest BCUT2D eigenvalue weighted by Gasteiger charge is -2.32. The van der Waals surface area contributed by atoms with Crippen LogP contribution in [0.1, 0.15) is 64.2 Å². The molecule has 6 rings (SSSR count). The molecule has 2 fully saturated rings. The van der Waals surface area contributed by atoms with Crippen molar-refractivity contribution in [3.05, 3.63) is 100 Å². The summed E-state index contributed by atoms with van der Waals surface area (Å²) in [7, 11) is 0. The molecule has 0 aliphatic carbocycles. The summed E-state index contributed by atoms with van der Waals surface area (Å²) in [6.07, 6.45) is 2.70. The molecule has 1 N–H and O–H groups in total. The van der Waals surface area contributed by atoms with Gasteiger partial charge in [0.1, 0.15) is 24.2 Å². The Morgan fingerprint density at radius 1 is 0.875 bits per heavy atom. The molecule has 1 atom stereocenters. The average molecular weight is 542 g/mol. The molecule has 0 aromatic heterocycles. The summed E-state index contributed by atoms with van der Waals surface area (Å²) < 4.78 is 19.4. The van der Waals surface area contributed by atoms with Crippen molar-refractivity contribution in [3.8, 4) is 5.75 Å². The molecule has 0 bridgehead atoms. The second kappa shape index (κ2) is 11.2. The maximum Gasteiger partial charge on any atom is 0.255 e. The number of nitrogens with zero attached hydrogens (tertiary/aromatic N) is 2. The van der Waals surface area contributed by atoms with Gasteiger partial charge in [-0.1, -0.05) is 42.5 Å². The summed E-state index contributed by atoms with van der Waals surface area (Å²) >= 11 is 0. The van der Waals surface area contributed by atoms with Crippen LogP contribution in [0.5, 0.6) is 5.75 Å². The lowest BCUT2D eigenvalue weighted by molar-refractivity contribution is -0.136. The van der Waals surface area contributed by atoms with Gasteiger partial charge in [-0.25, -0.2) is 4.39 Å². The van der Waals surface area contributed by atoms with Crippen molar-refractivity contribution in [3.63, 3.8) is 0 Å². The topological polar surface area (TPSA) is 79.0 Å². The van der Waals surface area contributed by atoms with Gasteiger partial charge in [0, 0.05) is 24.1 Å². The molecule has 3 aromatic carbocycles. The van der Waals surface area contributed by atoms with Crippen LogP contribution < -0.4 is 10.1 Å². The summed E-state index contributed by atoms with van der Waals surface area (Å²) in [5.41, 5.74) is 4.82. The zero-order chi connectivity index (χ0) is 27.6. The molecule has 3 amide bonds. The molecule has 0 spiro atoms. The molecular weight excluding hydrogens is 509 g/mol. The minimum atomic E-state index is -0.647. The highest BCUT2D eigenvalue weighted by molar-refractivity contribution is 6.05. The van der Waals surface area contributed by atoms with Crippen LogP contribution in [0.25, 0.3) is 0 Å². The number of likely N-dealkylation sites (tertiary alicyclic amines) is 1. The van der Waals surface area contributed by atoms with Crippen molar-refractivity contribution in [1.29, 1.82) is 0 Å². The van der Waals surface area contributed by atoms with E-state index in [0.29, 0.717) is 30.3 Å². The van der Waals surface area contributed by atoms with E-state index in [1.54, 1.807) is 24.3 Å². The smallest absolute Gasteiger partial charge is 0.255 e. The van der Waals surface area contributed by atoms with Crippen molar-refractivity contribution in [2.45, 2.75) is 57.3 Å². The maximum absolute atomic E-state index is 13.2. The zero-order valence-corrected chi connectivity index (χ0v) is 22.3. The van der Waals surface area contributed by atoms with Crippen LogP contribution in [0.15, 0.2) is 66.7 Å². The van der Waals surface area contributed by atoms with Crippen LogP contribution in [-0.2, 0) is 29.3 Å². The first-order valence-corrected chi connectivity index (χ1v) is 13.9. The van der Waals surface area contributed by atoms with Crippen LogP contribution in [0.4, 0.5) is 4.39 Å². The zero-order valence-electron chi connectivity index (χ0n) is 22.3. The molecule has 3 aromatic rings. The minimum Gasteiger partial charge on any atom is -0.489 e. The van der Waals surface area contributed by atoms with Gasteiger partial charge in [-0.15, -0.1) is 0 Å². The first kappa shape index (κ1) is 26.2. The molecule has 0 radical (unpaired) electrons. The first-order valence-electron chi connectivity index (χ1n) is 13.9. The fraction of sp³-hybridized carbons (Fsp3) is 0.344. The van der Waals surface area contributed by atoms with Crippen molar-refractivity contribution in [2.75, 3.05) is 13.1 Å². The van der Waals surface area contributed by atoms with Crippen molar-refractivity contribution in [1.82, 2.24) is 15.1 Å². The van der Waals surface area contributed by atoms with Gasteiger partial charge in [-0.2, -0.15) is 0 Å². The van der Waals surface area contributed by atoms with E-state index in [1.165, 1.54) is 16.0 Å². The molecule has 8 heteroatoms. The number of piperidine rings is 2. The molecule has 3 aliphatic rings. The van der Waals surface area contributed by atoms with Crippen LogP contribution in [0.2, 0.25) is 0 Å². The first-order chi connectivity index (χ1) is 19.4. The Labute approximate surface area is 232 Å². The van der Waals surface area contributed by atoms with E-state index in [4.69, 9.17) is 4.74 Å². The van der Waals surface area contributed by atoms with E-state index in [9.17, 15) is 18.8 Å². The number of hydrogen-bond acceptors (Lipinski definition) is 5.